The number of pyridine rings is 1. The highest BCUT2D eigenvalue weighted by Crippen LogP contribution is 2.11. The Morgan fingerprint density at radius 3 is 2.86 bits per heavy atom. The summed E-state index contributed by atoms with van der Waals surface area (Å²) < 4.78 is 6.58. The zero-order valence-corrected chi connectivity index (χ0v) is 11.9. The van der Waals surface area contributed by atoms with E-state index < -0.39 is 0 Å². The van der Waals surface area contributed by atoms with E-state index in [0.717, 1.165) is 11.3 Å². The third kappa shape index (κ3) is 3.94. The van der Waals surface area contributed by atoms with Crippen LogP contribution >= 0.6 is 0 Å². The number of hydrogen-bond acceptors (Lipinski definition) is 4. The number of nitrogens with zero attached hydrogens (tertiary/aromatic N) is 2. The van der Waals surface area contributed by atoms with Crippen LogP contribution in [0.25, 0.3) is 0 Å². The number of hydrogen-bond donors (Lipinski definition) is 1. The van der Waals surface area contributed by atoms with Gasteiger partial charge in [-0.05, 0) is 17.7 Å². The minimum atomic E-state index is -0.0602. The molecule has 2 rings (SSSR count). The van der Waals surface area contributed by atoms with Gasteiger partial charge in [0.05, 0.1) is 23.9 Å². The summed E-state index contributed by atoms with van der Waals surface area (Å²) in [6.45, 7) is 1.53. The first kappa shape index (κ1) is 14.8. The minimum absolute atomic E-state index is 0.0602. The lowest BCUT2D eigenvalue weighted by molar-refractivity contribution is 0.186. The number of benzene rings is 1. The van der Waals surface area contributed by atoms with Crippen LogP contribution in [-0.4, -0.2) is 18.3 Å². The molecule has 0 aliphatic heterocycles. The maximum absolute atomic E-state index is 11.7. The topological polar surface area (TPSA) is 67.0 Å². The van der Waals surface area contributed by atoms with Crippen LogP contribution in [0.4, 0.5) is 5.69 Å². The van der Waals surface area contributed by atoms with Crippen molar-refractivity contribution in [2.75, 3.05) is 19.0 Å². The van der Waals surface area contributed by atoms with Gasteiger partial charge < -0.3 is 14.6 Å². The Morgan fingerprint density at radius 2 is 2.10 bits per heavy atom. The summed E-state index contributed by atoms with van der Waals surface area (Å²) in [6, 6.07) is 12.9. The van der Waals surface area contributed by atoms with Crippen LogP contribution in [0.1, 0.15) is 11.1 Å². The summed E-state index contributed by atoms with van der Waals surface area (Å²) in [7, 11) is 1.60. The SMILES string of the molecule is COCCn1cc(NCc2ccccc2C#N)ccc1=O. The fourth-order valence-corrected chi connectivity index (χ4v) is 1.98. The fraction of sp³-hybridized carbons (Fsp3) is 0.250. The molecule has 1 N–H and O–H groups in total. The second-order valence-corrected chi connectivity index (χ2v) is 4.56. The van der Waals surface area contributed by atoms with Crippen molar-refractivity contribution in [3.8, 4) is 6.07 Å². The smallest absolute Gasteiger partial charge is 0.250 e. The molecule has 0 spiro atoms. The molecule has 0 aliphatic carbocycles. The van der Waals surface area contributed by atoms with Crippen LogP contribution in [0.2, 0.25) is 0 Å². The average molecular weight is 283 g/mol. The molecule has 0 aliphatic rings. The number of methoxy groups -OCH3 is 1. The first-order valence-corrected chi connectivity index (χ1v) is 6.66. The summed E-state index contributed by atoms with van der Waals surface area (Å²) in [6.07, 6.45) is 1.76. The van der Waals surface area contributed by atoms with Crippen molar-refractivity contribution in [2.24, 2.45) is 0 Å². The normalized spacial score (nSPS) is 10.1. The van der Waals surface area contributed by atoms with E-state index in [0.29, 0.717) is 25.3 Å². The summed E-state index contributed by atoms with van der Waals surface area (Å²) >= 11 is 0. The van der Waals surface area contributed by atoms with E-state index in [4.69, 9.17) is 10.00 Å². The van der Waals surface area contributed by atoms with E-state index in [1.165, 1.54) is 6.07 Å². The van der Waals surface area contributed by atoms with Gasteiger partial charge in [0.1, 0.15) is 0 Å². The molecule has 0 fully saturated rings. The van der Waals surface area contributed by atoms with Crippen molar-refractivity contribution in [3.63, 3.8) is 0 Å². The van der Waals surface area contributed by atoms with Gasteiger partial charge in [0.15, 0.2) is 0 Å². The lowest BCUT2D eigenvalue weighted by Crippen LogP contribution is -2.21. The monoisotopic (exact) mass is 283 g/mol. The third-order valence-electron chi connectivity index (χ3n) is 3.14. The van der Waals surface area contributed by atoms with E-state index in [1.54, 1.807) is 30.0 Å². The van der Waals surface area contributed by atoms with Crippen LogP contribution < -0.4 is 10.9 Å². The quantitative estimate of drug-likeness (QED) is 0.880. The van der Waals surface area contributed by atoms with Crippen LogP contribution in [0, 0.1) is 11.3 Å². The van der Waals surface area contributed by atoms with Crippen molar-refractivity contribution in [2.45, 2.75) is 13.1 Å². The molecule has 0 unspecified atom stereocenters. The molecule has 1 aromatic carbocycles. The summed E-state index contributed by atoms with van der Waals surface area (Å²) in [4.78, 5) is 11.7. The Hall–Kier alpha value is -2.58. The van der Waals surface area contributed by atoms with E-state index in [1.807, 2.05) is 18.2 Å². The maximum Gasteiger partial charge on any atom is 0.250 e. The molecule has 2 aromatic rings. The summed E-state index contributed by atoms with van der Waals surface area (Å²) in [5.74, 6) is 0. The van der Waals surface area contributed by atoms with E-state index >= 15 is 0 Å². The second kappa shape index (κ2) is 7.27. The van der Waals surface area contributed by atoms with Crippen LogP contribution in [0.3, 0.4) is 0 Å². The van der Waals surface area contributed by atoms with Crippen LogP contribution in [-0.2, 0) is 17.8 Å². The zero-order chi connectivity index (χ0) is 15.1. The third-order valence-corrected chi connectivity index (χ3v) is 3.14. The fourth-order valence-electron chi connectivity index (χ4n) is 1.98. The van der Waals surface area contributed by atoms with Crippen LogP contribution in [0.15, 0.2) is 47.4 Å². The second-order valence-electron chi connectivity index (χ2n) is 4.56. The van der Waals surface area contributed by atoms with Gasteiger partial charge in [-0.3, -0.25) is 4.79 Å². The molecule has 0 saturated carbocycles. The van der Waals surface area contributed by atoms with Crippen LogP contribution in [0.5, 0.6) is 0 Å². The van der Waals surface area contributed by atoms with E-state index in [-0.39, 0.29) is 5.56 Å². The lowest BCUT2D eigenvalue weighted by Gasteiger charge is -2.10. The average Bonchev–Trinajstić information content (AvgIpc) is 2.53. The van der Waals surface area contributed by atoms with Gasteiger partial charge in [-0.2, -0.15) is 5.26 Å². The molecule has 5 heteroatoms. The maximum atomic E-state index is 11.7. The molecule has 0 radical (unpaired) electrons. The molecule has 0 saturated heterocycles. The lowest BCUT2D eigenvalue weighted by atomic mass is 10.1. The van der Waals surface area contributed by atoms with Gasteiger partial charge in [-0.25, -0.2) is 0 Å². The van der Waals surface area contributed by atoms with Gasteiger partial charge in [0.25, 0.3) is 5.56 Å². The molecular weight excluding hydrogens is 266 g/mol. The predicted molar refractivity (Wildman–Crippen MR) is 81.1 cm³/mol. The molecule has 0 atom stereocenters. The first-order valence-electron chi connectivity index (χ1n) is 6.66. The molecule has 0 amide bonds. The molecule has 0 bridgehead atoms. The molecule has 1 aromatic heterocycles. The highest BCUT2D eigenvalue weighted by Gasteiger charge is 2.02. The van der Waals surface area contributed by atoms with Crippen molar-refractivity contribution < 1.29 is 4.74 Å². The zero-order valence-electron chi connectivity index (χ0n) is 11.9. The number of nitriles is 1. The molecule has 21 heavy (non-hydrogen) atoms. The summed E-state index contributed by atoms with van der Waals surface area (Å²) in [5, 5.41) is 12.3. The van der Waals surface area contributed by atoms with Crippen molar-refractivity contribution >= 4 is 5.69 Å². The van der Waals surface area contributed by atoms with Crippen molar-refractivity contribution in [3.05, 3.63) is 64.1 Å². The van der Waals surface area contributed by atoms with Gasteiger partial charge in [-0.15, -0.1) is 0 Å². The van der Waals surface area contributed by atoms with E-state index in [9.17, 15) is 4.79 Å². The Kier molecular flexibility index (Phi) is 5.13. The number of ether oxygens (including phenoxy) is 1. The van der Waals surface area contributed by atoms with Crippen molar-refractivity contribution in [1.29, 1.82) is 5.26 Å². The Bertz CT molecular complexity index is 701. The highest BCUT2D eigenvalue weighted by atomic mass is 16.5. The Balaban J connectivity index is 2.10. The highest BCUT2D eigenvalue weighted by molar-refractivity contribution is 5.44. The molecular formula is C16H17N3O2. The largest absolute Gasteiger partial charge is 0.383 e. The van der Waals surface area contributed by atoms with Gasteiger partial charge in [0.2, 0.25) is 0 Å². The number of aromatic nitrogens is 1. The molecule has 1 heterocycles. The minimum Gasteiger partial charge on any atom is -0.383 e. The number of nitrogens with one attached hydrogen (secondary N) is 1. The predicted octanol–water partition coefficient (Wildman–Crippen LogP) is 1.98. The van der Waals surface area contributed by atoms with Crippen molar-refractivity contribution in [1.82, 2.24) is 4.57 Å². The van der Waals surface area contributed by atoms with Gasteiger partial charge in [0, 0.05) is 32.5 Å². The summed E-state index contributed by atoms with van der Waals surface area (Å²) in [5.41, 5.74) is 2.35. The van der Waals surface area contributed by atoms with Gasteiger partial charge in [-0.1, -0.05) is 18.2 Å². The molecule has 108 valence electrons. The Morgan fingerprint density at radius 1 is 1.29 bits per heavy atom. The number of anilines is 1. The number of rotatable bonds is 6. The first-order chi connectivity index (χ1) is 10.2. The Labute approximate surface area is 123 Å². The standard InChI is InChI=1S/C16H17N3O2/c1-21-9-8-19-12-15(6-7-16(19)20)18-11-14-5-3-2-4-13(14)10-17/h2-7,12,18H,8-9,11H2,1H3. The molecule has 5 nitrogen and oxygen atoms in total. The van der Waals surface area contributed by atoms with E-state index in [2.05, 4.69) is 11.4 Å². The van der Waals surface area contributed by atoms with Gasteiger partial charge >= 0.3 is 0 Å².